The first kappa shape index (κ1) is 61.5. The molecule has 2 aromatic rings. The topological polar surface area (TPSA) is 189 Å². The number of unbranched alkanes of at least 4 members (excludes halogenated alkanes) is 18. The molecule has 0 heterocycles. The van der Waals surface area contributed by atoms with Gasteiger partial charge in [-0.15, -0.1) is 0 Å². The quantitative estimate of drug-likeness (QED) is 0.0470. The van der Waals surface area contributed by atoms with E-state index >= 15 is 0 Å². The van der Waals surface area contributed by atoms with Gasteiger partial charge in [0.25, 0.3) is 0 Å². The number of nitrogens with zero attached hydrogens (tertiary/aromatic N) is 2. The number of para-hydroxylation sites is 4. The number of hydrogen-bond acceptors (Lipinski definition) is 14. The van der Waals surface area contributed by atoms with E-state index in [4.69, 9.17) is 37.9 Å². The van der Waals surface area contributed by atoms with Gasteiger partial charge in [0.05, 0.1) is 51.0 Å². The molecule has 2 aromatic carbocycles. The molecule has 0 spiro atoms. The molecule has 0 aromatic heterocycles. The molecule has 0 aliphatic rings. The summed E-state index contributed by atoms with van der Waals surface area (Å²) in [6, 6.07) is 13.4. The van der Waals surface area contributed by atoms with Crippen molar-refractivity contribution in [1.29, 1.82) is 0 Å². The zero-order valence-electron chi connectivity index (χ0n) is 42.8. The van der Waals surface area contributed by atoms with Gasteiger partial charge in [0.2, 0.25) is 0 Å². The van der Waals surface area contributed by atoms with Gasteiger partial charge in [0.15, 0.2) is 0 Å². The lowest BCUT2D eigenvalue weighted by Crippen LogP contribution is -2.36. The van der Waals surface area contributed by atoms with Crippen molar-refractivity contribution < 1.29 is 67.3 Å². The Morgan fingerprint density at radius 3 is 1.01 bits per heavy atom. The van der Waals surface area contributed by atoms with Gasteiger partial charge in [-0.2, -0.15) is 0 Å². The van der Waals surface area contributed by atoms with Crippen molar-refractivity contribution in [1.82, 2.24) is 0 Å². The zero-order chi connectivity index (χ0) is 50.5. The van der Waals surface area contributed by atoms with Gasteiger partial charge >= 0.3 is 23.9 Å². The van der Waals surface area contributed by atoms with Crippen LogP contribution >= 0.6 is 0 Å². The van der Waals surface area contributed by atoms with Crippen molar-refractivity contribution in [3.05, 3.63) is 48.5 Å². The third-order valence-corrected chi connectivity index (χ3v) is 11.3. The monoisotopic (exact) mass is 989 g/mol. The van der Waals surface area contributed by atoms with E-state index in [1.54, 1.807) is 48.5 Å². The summed E-state index contributed by atoms with van der Waals surface area (Å²) in [5.74, 6) is -2.94. The highest BCUT2D eigenvalue weighted by atomic mass is 16.6. The molecule has 2 N–H and O–H groups in total. The number of benzene rings is 2. The minimum atomic E-state index is -1.15. The van der Waals surface area contributed by atoms with E-state index < -0.39 is 37.0 Å². The first-order chi connectivity index (χ1) is 34.2. The van der Waals surface area contributed by atoms with Crippen molar-refractivity contribution in [2.24, 2.45) is 0 Å². The van der Waals surface area contributed by atoms with Crippen molar-refractivity contribution in [2.45, 2.75) is 142 Å². The minimum Gasteiger partial charge on any atom is -0.488 e. The van der Waals surface area contributed by atoms with E-state index in [1.165, 1.54) is 113 Å². The molecule has 0 saturated carbocycles. The first-order valence-electron chi connectivity index (χ1n) is 26.2. The summed E-state index contributed by atoms with van der Waals surface area (Å²) in [6.45, 7) is 6.24. The summed E-state index contributed by atoms with van der Waals surface area (Å²) in [5.41, 5.74) is 0.727. The smallest absolute Gasteiger partial charge is 0.325 e. The van der Waals surface area contributed by atoms with E-state index in [1.807, 2.05) is 0 Å². The molecule has 0 fully saturated rings. The van der Waals surface area contributed by atoms with Gasteiger partial charge in [-0.05, 0) is 37.1 Å². The molecular weight excluding hydrogens is 901 g/mol. The van der Waals surface area contributed by atoms with Crippen molar-refractivity contribution in [3.8, 4) is 11.5 Å². The third kappa shape index (κ3) is 33.0. The number of carbonyl (C=O) groups is 4. The summed E-state index contributed by atoms with van der Waals surface area (Å²) in [6.07, 6.45) is 25.4. The number of carboxylic acid groups (broad SMARTS) is 2. The maximum atomic E-state index is 12.8. The molecule has 0 saturated heterocycles. The standard InChI is InChI=1S/C54H88N2O14/c1-3-5-7-9-11-13-15-17-19-25-31-63-33-35-65-37-39-69-53(61)45-55(43-51(57)58)47-27-21-23-29-49(47)67-41-42-68-50-30-24-22-28-48(50)56(44-52(59)60)46-54(62)70-40-38-66-36-34-64-32-26-20-18-16-14-12-10-8-6-4-2/h21-24,27-30H,3-20,25-26,31-46H2,1-2H3,(H,57,58)(H,59,60). The van der Waals surface area contributed by atoms with Crippen molar-refractivity contribution in [2.75, 3.05) is 115 Å². The van der Waals surface area contributed by atoms with Gasteiger partial charge in [-0.25, -0.2) is 0 Å². The predicted octanol–water partition coefficient (Wildman–Crippen LogP) is 9.92. The van der Waals surface area contributed by atoms with E-state index in [0.717, 1.165) is 25.7 Å². The number of esters is 2. The Bertz CT molecular complexity index is 1510. The Morgan fingerprint density at radius 2 is 0.671 bits per heavy atom. The van der Waals surface area contributed by atoms with Crippen molar-refractivity contribution in [3.63, 3.8) is 0 Å². The number of aliphatic carboxylic acids is 2. The molecule has 0 amide bonds. The summed E-state index contributed by atoms with van der Waals surface area (Å²) in [5, 5.41) is 19.4. The normalized spacial score (nSPS) is 11.1. The number of hydrogen-bond donors (Lipinski definition) is 2. The lowest BCUT2D eigenvalue weighted by atomic mass is 10.1. The second-order valence-electron chi connectivity index (χ2n) is 17.4. The van der Waals surface area contributed by atoms with Crippen LogP contribution in [0.2, 0.25) is 0 Å². The second-order valence-corrected chi connectivity index (χ2v) is 17.4. The van der Waals surface area contributed by atoms with Crippen LogP contribution in [0.15, 0.2) is 48.5 Å². The molecule has 398 valence electrons. The summed E-state index contributed by atoms with van der Waals surface area (Å²) in [4.78, 5) is 52.0. The molecule has 16 heteroatoms. The molecule has 70 heavy (non-hydrogen) atoms. The second kappa shape index (κ2) is 43.2. The van der Waals surface area contributed by atoms with Gasteiger partial charge in [0, 0.05) is 13.2 Å². The molecular formula is C54H88N2O14. The van der Waals surface area contributed by atoms with Gasteiger partial charge in [0.1, 0.15) is 64.1 Å². The Morgan fingerprint density at radius 1 is 0.371 bits per heavy atom. The fraction of sp³-hybridized carbons (Fsp3) is 0.704. The summed E-state index contributed by atoms with van der Waals surface area (Å²) in [7, 11) is 0. The Hall–Kier alpha value is -4.64. The molecule has 0 unspecified atom stereocenters. The van der Waals surface area contributed by atoms with E-state index in [-0.39, 0.29) is 52.7 Å². The highest BCUT2D eigenvalue weighted by Crippen LogP contribution is 2.30. The van der Waals surface area contributed by atoms with Crippen LogP contribution < -0.4 is 19.3 Å². The van der Waals surface area contributed by atoms with Crippen molar-refractivity contribution >= 4 is 35.3 Å². The number of carbonyl (C=O) groups excluding carboxylic acids is 2. The predicted molar refractivity (Wildman–Crippen MR) is 272 cm³/mol. The van der Waals surface area contributed by atoms with Crippen LogP contribution in [0, 0.1) is 0 Å². The number of rotatable bonds is 49. The highest BCUT2D eigenvalue weighted by Gasteiger charge is 2.21. The van der Waals surface area contributed by atoms with Crippen LogP contribution in [0.25, 0.3) is 0 Å². The summed E-state index contributed by atoms with van der Waals surface area (Å²) >= 11 is 0. The third-order valence-electron chi connectivity index (χ3n) is 11.3. The van der Waals surface area contributed by atoms with Crippen LogP contribution in [0.4, 0.5) is 11.4 Å². The van der Waals surface area contributed by atoms with Gasteiger partial charge in [-0.3, -0.25) is 19.2 Å². The Balaban J connectivity index is 1.71. The lowest BCUT2D eigenvalue weighted by Gasteiger charge is -2.25. The fourth-order valence-corrected chi connectivity index (χ4v) is 7.62. The number of anilines is 2. The van der Waals surface area contributed by atoms with Gasteiger partial charge < -0.3 is 57.9 Å². The average Bonchev–Trinajstić information content (AvgIpc) is 3.34. The van der Waals surface area contributed by atoms with E-state index in [9.17, 15) is 29.4 Å². The van der Waals surface area contributed by atoms with Gasteiger partial charge in [-0.1, -0.05) is 154 Å². The summed E-state index contributed by atoms with van der Waals surface area (Å²) < 4.78 is 45.1. The fourth-order valence-electron chi connectivity index (χ4n) is 7.62. The number of ether oxygens (including phenoxy) is 8. The lowest BCUT2D eigenvalue weighted by molar-refractivity contribution is -0.145. The molecule has 0 radical (unpaired) electrons. The number of carboxylic acids is 2. The average molecular weight is 989 g/mol. The van der Waals surface area contributed by atoms with Crippen LogP contribution in [0.1, 0.15) is 142 Å². The molecule has 0 aliphatic carbocycles. The Kier molecular flexibility index (Phi) is 37.9. The molecule has 0 bridgehead atoms. The van der Waals surface area contributed by atoms with E-state index in [0.29, 0.717) is 62.5 Å². The van der Waals surface area contributed by atoms with Crippen LogP contribution in [-0.2, 0) is 47.6 Å². The highest BCUT2D eigenvalue weighted by molar-refractivity contribution is 5.82. The molecule has 0 atom stereocenters. The van der Waals surface area contributed by atoms with Crippen LogP contribution in [0.3, 0.4) is 0 Å². The molecule has 0 aliphatic heterocycles. The SMILES string of the molecule is CCCCCCCCCCCCOCCOCCOC(=O)CN(CC(=O)O)c1ccccc1OCCOc1ccccc1N(CC(=O)O)CC(=O)OCCOCCOCCCCCCCCCCCC. The molecule has 16 nitrogen and oxygen atoms in total. The van der Waals surface area contributed by atoms with E-state index in [2.05, 4.69) is 13.8 Å². The largest absolute Gasteiger partial charge is 0.488 e. The van der Waals surface area contributed by atoms with Crippen LogP contribution in [0.5, 0.6) is 11.5 Å². The Labute approximate surface area is 418 Å². The van der Waals surface area contributed by atoms with Crippen LogP contribution in [-0.4, -0.2) is 140 Å². The maximum Gasteiger partial charge on any atom is 0.325 e. The first-order valence-corrected chi connectivity index (χ1v) is 26.2. The maximum absolute atomic E-state index is 12.8. The zero-order valence-corrected chi connectivity index (χ0v) is 42.8. The minimum absolute atomic E-state index is 0.00232. The molecule has 2 rings (SSSR count).